The first-order chi connectivity index (χ1) is 8.69. The van der Waals surface area contributed by atoms with Crippen molar-refractivity contribution in [3.8, 4) is 0 Å². The smallest absolute Gasteiger partial charge is 0.333 e. The van der Waals surface area contributed by atoms with Gasteiger partial charge in [-0.1, -0.05) is 59.5 Å². The molecule has 0 saturated heterocycles. The Morgan fingerprint density at radius 3 is 2.39 bits per heavy atom. The number of carbonyl (C=O) groups excluding carboxylic acids is 1. The van der Waals surface area contributed by atoms with Crippen LogP contribution < -0.4 is 0 Å². The fraction of sp³-hybridized carbons (Fsp3) is 0.812. The molecule has 106 valence electrons. The van der Waals surface area contributed by atoms with Crippen molar-refractivity contribution in [1.29, 1.82) is 0 Å². The Labute approximate surface area is 113 Å². The lowest BCUT2D eigenvalue weighted by Gasteiger charge is -2.15. The van der Waals surface area contributed by atoms with Crippen LogP contribution in [-0.4, -0.2) is 12.6 Å². The van der Waals surface area contributed by atoms with E-state index >= 15 is 0 Å². The molecule has 0 spiro atoms. The van der Waals surface area contributed by atoms with Gasteiger partial charge in [0.1, 0.15) is 0 Å². The lowest BCUT2D eigenvalue weighted by Crippen LogP contribution is -2.15. The summed E-state index contributed by atoms with van der Waals surface area (Å²) in [5, 5.41) is 0. The van der Waals surface area contributed by atoms with Crippen LogP contribution in [0.2, 0.25) is 0 Å². The molecule has 0 aliphatic heterocycles. The predicted octanol–water partition coefficient (Wildman–Crippen LogP) is 4.88. The number of hydrogen-bond donors (Lipinski definition) is 0. The molecular weight excluding hydrogens is 224 g/mol. The van der Waals surface area contributed by atoms with Gasteiger partial charge >= 0.3 is 5.97 Å². The summed E-state index contributed by atoms with van der Waals surface area (Å²) in [7, 11) is 0. The van der Waals surface area contributed by atoms with Gasteiger partial charge in [-0.05, 0) is 25.2 Å². The minimum atomic E-state index is -0.110. The molecule has 0 aromatic carbocycles. The van der Waals surface area contributed by atoms with Crippen LogP contribution in [-0.2, 0) is 9.53 Å². The molecule has 0 unspecified atom stereocenters. The van der Waals surface area contributed by atoms with E-state index in [1.807, 2.05) is 13.0 Å². The van der Waals surface area contributed by atoms with Crippen LogP contribution in [0.4, 0.5) is 0 Å². The highest BCUT2D eigenvalue weighted by Crippen LogP contribution is 2.14. The van der Waals surface area contributed by atoms with Gasteiger partial charge in [0.2, 0.25) is 0 Å². The van der Waals surface area contributed by atoms with E-state index < -0.39 is 0 Å². The van der Waals surface area contributed by atoms with Crippen LogP contribution in [0.1, 0.15) is 72.6 Å². The Bertz CT molecular complexity index is 243. The van der Waals surface area contributed by atoms with Crippen LogP contribution >= 0.6 is 0 Å². The Kier molecular flexibility index (Phi) is 10.8. The number of allylic oxidation sites excluding steroid dienone is 1. The molecule has 0 aromatic heterocycles. The number of esters is 1. The summed E-state index contributed by atoms with van der Waals surface area (Å²) in [5.41, 5.74) is 0.835. The third-order valence-electron chi connectivity index (χ3n) is 3.32. The molecule has 18 heavy (non-hydrogen) atoms. The van der Waals surface area contributed by atoms with E-state index in [0.717, 1.165) is 31.3 Å². The first kappa shape index (κ1) is 17.2. The van der Waals surface area contributed by atoms with Crippen molar-refractivity contribution in [3.63, 3.8) is 0 Å². The van der Waals surface area contributed by atoms with Gasteiger partial charge in [0.25, 0.3) is 0 Å². The standard InChI is InChI=1S/C16H30O2/c1-5-9-11-14(7-3)13-18-16(17)15(8-4)12-10-6-2/h12,14H,5-11,13H2,1-4H3/t14-/m0/s1. The second-order valence-electron chi connectivity index (χ2n) is 4.89. The molecule has 2 nitrogen and oxygen atoms in total. The van der Waals surface area contributed by atoms with E-state index in [-0.39, 0.29) is 5.97 Å². The van der Waals surface area contributed by atoms with E-state index in [2.05, 4.69) is 20.8 Å². The van der Waals surface area contributed by atoms with Crippen LogP contribution in [0.3, 0.4) is 0 Å². The summed E-state index contributed by atoms with van der Waals surface area (Å²) in [6.07, 6.45) is 9.52. The minimum Gasteiger partial charge on any atom is -0.462 e. The van der Waals surface area contributed by atoms with Crippen LogP contribution in [0.15, 0.2) is 11.6 Å². The summed E-state index contributed by atoms with van der Waals surface area (Å²) >= 11 is 0. The molecule has 0 amide bonds. The molecular formula is C16H30O2. The van der Waals surface area contributed by atoms with E-state index in [0.29, 0.717) is 12.5 Å². The zero-order valence-electron chi connectivity index (χ0n) is 12.6. The minimum absolute atomic E-state index is 0.110. The quantitative estimate of drug-likeness (QED) is 0.410. The van der Waals surface area contributed by atoms with Gasteiger partial charge in [-0.3, -0.25) is 0 Å². The summed E-state index contributed by atoms with van der Waals surface area (Å²) < 4.78 is 5.43. The highest BCUT2D eigenvalue weighted by atomic mass is 16.5. The molecule has 1 atom stereocenters. The van der Waals surface area contributed by atoms with E-state index in [9.17, 15) is 4.79 Å². The van der Waals surface area contributed by atoms with Gasteiger partial charge in [-0.2, -0.15) is 0 Å². The average Bonchev–Trinajstić information content (AvgIpc) is 2.39. The Hall–Kier alpha value is -0.790. The topological polar surface area (TPSA) is 26.3 Å². The third kappa shape index (κ3) is 7.52. The van der Waals surface area contributed by atoms with E-state index in [1.54, 1.807) is 0 Å². The maximum atomic E-state index is 11.9. The number of unbranched alkanes of at least 4 members (excludes halogenated alkanes) is 2. The monoisotopic (exact) mass is 254 g/mol. The van der Waals surface area contributed by atoms with Crippen molar-refractivity contribution < 1.29 is 9.53 Å². The SMILES string of the molecule is CCCC=C(CC)C(=O)OC[C@@H](CC)CCCC. The maximum Gasteiger partial charge on any atom is 0.333 e. The molecule has 0 bridgehead atoms. The van der Waals surface area contributed by atoms with Gasteiger partial charge in [-0.15, -0.1) is 0 Å². The van der Waals surface area contributed by atoms with Crippen molar-refractivity contribution in [2.24, 2.45) is 5.92 Å². The lowest BCUT2D eigenvalue weighted by atomic mass is 10.0. The van der Waals surface area contributed by atoms with E-state index in [4.69, 9.17) is 4.74 Å². The highest BCUT2D eigenvalue weighted by Gasteiger charge is 2.12. The van der Waals surface area contributed by atoms with Gasteiger partial charge < -0.3 is 4.74 Å². The molecule has 0 saturated carbocycles. The van der Waals surface area contributed by atoms with Gasteiger partial charge in [0, 0.05) is 5.57 Å². The van der Waals surface area contributed by atoms with Crippen molar-refractivity contribution in [2.45, 2.75) is 72.6 Å². The zero-order valence-corrected chi connectivity index (χ0v) is 12.6. The number of hydrogen-bond acceptors (Lipinski definition) is 2. The highest BCUT2D eigenvalue weighted by molar-refractivity contribution is 5.88. The Balaban J connectivity index is 4.12. The van der Waals surface area contributed by atoms with Crippen molar-refractivity contribution in [2.75, 3.05) is 6.61 Å². The average molecular weight is 254 g/mol. The normalized spacial score (nSPS) is 13.4. The summed E-state index contributed by atoms with van der Waals surface area (Å²) in [4.78, 5) is 11.9. The molecule has 2 heteroatoms. The molecule has 0 aliphatic carbocycles. The molecule has 0 rings (SSSR count). The first-order valence-electron chi connectivity index (χ1n) is 7.55. The molecule has 0 heterocycles. The third-order valence-corrected chi connectivity index (χ3v) is 3.32. The van der Waals surface area contributed by atoms with Crippen molar-refractivity contribution in [1.82, 2.24) is 0 Å². The molecule has 0 fully saturated rings. The Morgan fingerprint density at radius 1 is 1.17 bits per heavy atom. The fourth-order valence-corrected chi connectivity index (χ4v) is 1.87. The number of ether oxygens (including phenoxy) is 1. The van der Waals surface area contributed by atoms with E-state index in [1.165, 1.54) is 19.3 Å². The second kappa shape index (κ2) is 11.3. The summed E-state index contributed by atoms with van der Waals surface area (Å²) in [5.74, 6) is 0.416. The zero-order chi connectivity index (χ0) is 13.8. The molecule has 0 aliphatic rings. The maximum absolute atomic E-state index is 11.9. The number of carbonyl (C=O) groups is 1. The first-order valence-corrected chi connectivity index (χ1v) is 7.55. The molecule has 0 radical (unpaired) electrons. The number of rotatable bonds is 10. The Morgan fingerprint density at radius 2 is 1.89 bits per heavy atom. The van der Waals surface area contributed by atoms with Crippen LogP contribution in [0.25, 0.3) is 0 Å². The summed E-state index contributed by atoms with van der Waals surface area (Å²) in [6.45, 7) is 9.08. The molecule has 0 aromatic rings. The van der Waals surface area contributed by atoms with Crippen molar-refractivity contribution in [3.05, 3.63) is 11.6 Å². The molecule has 0 N–H and O–H groups in total. The predicted molar refractivity (Wildman–Crippen MR) is 77.5 cm³/mol. The largest absolute Gasteiger partial charge is 0.462 e. The van der Waals surface area contributed by atoms with Gasteiger partial charge in [0.05, 0.1) is 6.61 Å². The van der Waals surface area contributed by atoms with Crippen LogP contribution in [0.5, 0.6) is 0 Å². The van der Waals surface area contributed by atoms with Gasteiger partial charge in [-0.25, -0.2) is 4.79 Å². The van der Waals surface area contributed by atoms with Crippen LogP contribution in [0, 0.1) is 5.92 Å². The lowest BCUT2D eigenvalue weighted by molar-refractivity contribution is -0.140. The van der Waals surface area contributed by atoms with Crippen molar-refractivity contribution >= 4 is 5.97 Å². The van der Waals surface area contributed by atoms with Gasteiger partial charge in [0.15, 0.2) is 0 Å². The fourth-order valence-electron chi connectivity index (χ4n) is 1.87. The summed E-state index contributed by atoms with van der Waals surface area (Å²) in [6, 6.07) is 0. The second-order valence-corrected chi connectivity index (χ2v) is 4.89.